The van der Waals surface area contributed by atoms with E-state index in [0.717, 1.165) is 85.5 Å². The predicted octanol–water partition coefficient (Wildman–Crippen LogP) is 7.23. The van der Waals surface area contributed by atoms with Gasteiger partial charge in [0.25, 0.3) is 5.56 Å². The summed E-state index contributed by atoms with van der Waals surface area (Å²) >= 11 is 0. The average molecular weight is 493 g/mol. The minimum Gasteiger partial charge on any atom is -0.377 e. The molecule has 4 rings (SSSR count). The molecule has 1 aliphatic heterocycles. The maximum Gasteiger partial charge on any atom is 0.261 e. The number of nitrogens with zero attached hydrogens (tertiary/aromatic N) is 3. The van der Waals surface area contributed by atoms with E-state index < -0.39 is 0 Å². The predicted molar refractivity (Wildman–Crippen MR) is 149 cm³/mol. The van der Waals surface area contributed by atoms with Gasteiger partial charge in [-0.1, -0.05) is 32.8 Å². The number of piperidine rings is 1. The summed E-state index contributed by atoms with van der Waals surface area (Å²) in [5, 5.41) is 4.31. The van der Waals surface area contributed by atoms with Gasteiger partial charge in [0.05, 0.1) is 28.3 Å². The molecular weight excluding hydrogens is 451 g/mol. The Bertz CT molecular complexity index is 1260. The van der Waals surface area contributed by atoms with Crippen LogP contribution in [0, 0.1) is 12.7 Å². The normalized spacial score (nSPS) is 15.0. The van der Waals surface area contributed by atoms with E-state index in [0.29, 0.717) is 5.39 Å². The molecule has 1 unspecified atom stereocenters. The van der Waals surface area contributed by atoms with Crippen molar-refractivity contribution in [2.75, 3.05) is 23.3 Å². The highest BCUT2D eigenvalue weighted by atomic mass is 19.1. The summed E-state index contributed by atoms with van der Waals surface area (Å²) in [6.45, 7) is 10.4. The van der Waals surface area contributed by atoms with E-state index in [1.165, 1.54) is 12.5 Å². The van der Waals surface area contributed by atoms with Gasteiger partial charge >= 0.3 is 0 Å². The van der Waals surface area contributed by atoms with E-state index in [-0.39, 0.29) is 23.3 Å². The van der Waals surface area contributed by atoms with Crippen LogP contribution in [0.5, 0.6) is 0 Å². The van der Waals surface area contributed by atoms with Crippen LogP contribution >= 0.6 is 0 Å². The van der Waals surface area contributed by atoms with Crippen molar-refractivity contribution >= 4 is 22.3 Å². The SMILES string of the molecule is CCCC(CCC)c1nc2c(C(C)Nc3ccc(F)cc3N3CCCCC3)cc(C)cc2c(=O)n1C. The quantitative estimate of drug-likeness (QED) is 0.342. The second-order valence-corrected chi connectivity index (χ2v) is 10.4. The highest BCUT2D eigenvalue weighted by Gasteiger charge is 2.22. The lowest BCUT2D eigenvalue weighted by Gasteiger charge is -2.31. The third-order valence-electron chi connectivity index (χ3n) is 7.52. The monoisotopic (exact) mass is 492 g/mol. The fourth-order valence-corrected chi connectivity index (χ4v) is 5.70. The zero-order chi connectivity index (χ0) is 25.8. The summed E-state index contributed by atoms with van der Waals surface area (Å²) in [6, 6.07) is 8.98. The van der Waals surface area contributed by atoms with Crippen LogP contribution < -0.4 is 15.8 Å². The van der Waals surface area contributed by atoms with Crippen molar-refractivity contribution in [3.8, 4) is 0 Å². The molecule has 1 aromatic heterocycles. The zero-order valence-corrected chi connectivity index (χ0v) is 22.5. The Kier molecular flexibility index (Phi) is 8.32. The first kappa shape index (κ1) is 26.2. The number of hydrogen-bond acceptors (Lipinski definition) is 4. The molecule has 0 radical (unpaired) electrons. The van der Waals surface area contributed by atoms with E-state index in [1.807, 2.05) is 26.1 Å². The lowest BCUT2D eigenvalue weighted by atomic mass is 9.96. The molecule has 2 heterocycles. The molecule has 0 amide bonds. The zero-order valence-electron chi connectivity index (χ0n) is 22.5. The molecule has 1 N–H and O–H groups in total. The molecule has 6 heteroatoms. The first-order chi connectivity index (χ1) is 17.3. The third-order valence-corrected chi connectivity index (χ3v) is 7.52. The van der Waals surface area contributed by atoms with Crippen molar-refractivity contribution < 1.29 is 4.39 Å². The van der Waals surface area contributed by atoms with Gasteiger partial charge in [0.1, 0.15) is 11.6 Å². The minimum atomic E-state index is -0.220. The molecule has 1 saturated heterocycles. The van der Waals surface area contributed by atoms with E-state index in [2.05, 4.69) is 37.1 Å². The average Bonchev–Trinajstić information content (AvgIpc) is 2.87. The van der Waals surface area contributed by atoms with E-state index >= 15 is 0 Å². The lowest BCUT2D eigenvalue weighted by molar-refractivity contribution is 0.509. The van der Waals surface area contributed by atoms with Crippen molar-refractivity contribution in [3.63, 3.8) is 0 Å². The van der Waals surface area contributed by atoms with Gasteiger partial charge in [-0.15, -0.1) is 0 Å². The van der Waals surface area contributed by atoms with Crippen LogP contribution in [0.3, 0.4) is 0 Å². The molecule has 0 aliphatic carbocycles. The van der Waals surface area contributed by atoms with Gasteiger partial charge in [0.2, 0.25) is 0 Å². The summed E-state index contributed by atoms with van der Waals surface area (Å²) in [4.78, 5) is 20.9. The Morgan fingerprint density at radius 2 is 1.75 bits per heavy atom. The number of fused-ring (bicyclic) bond motifs is 1. The molecule has 0 bridgehead atoms. The van der Waals surface area contributed by atoms with Gasteiger partial charge in [0, 0.05) is 31.6 Å². The van der Waals surface area contributed by atoms with Crippen molar-refractivity contribution in [1.82, 2.24) is 9.55 Å². The Hall–Kier alpha value is -2.89. The number of rotatable bonds is 9. The molecule has 2 aromatic carbocycles. The van der Waals surface area contributed by atoms with Crippen LogP contribution in [0.15, 0.2) is 35.1 Å². The van der Waals surface area contributed by atoms with Crippen molar-refractivity contribution in [2.24, 2.45) is 7.05 Å². The minimum absolute atomic E-state index is 0.0140. The van der Waals surface area contributed by atoms with Crippen LogP contribution in [0.2, 0.25) is 0 Å². The first-order valence-electron chi connectivity index (χ1n) is 13.7. The fraction of sp³-hybridized carbons (Fsp3) is 0.533. The molecule has 5 nitrogen and oxygen atoms in total. The molecule has 36 heavy (non-hydrogen) atoms. The fourth-order valence-electron chi connectivity index (χ4n) is 5.70. The molecule has 194 valence electrons. The molecule has 1 atom stereocenters. The van der Waals surface area contributed by atoms with Crippen LogP contribution in [0.4, 0.5) is 15.8 Å². The van der Waals surface area contributed by atoms with Gasteiger partial charge in [-0.3, -0.25) is 9.36 Å². The van der Waals surface area contributed by atoms with Gasteiger partial charge < -0.3 is 10.2 Å². The Morgan fingerprint density at radius 3 is 2.42 bits per heavy atom. The molecule has 1 aliphatic rings. The number of benzene rings is 2. The maximum absolute atomic E-state index is 14.3. The Morgan fingerprint density at radius 1 is 1.06 bits per heavy atom. The van der Waals surface area contributed by atoms with Crippen molar-refractivity contribution in [2.45, 2.75) is 84.6 Å². The largest absolute Gasteiger partial charge is 0.377 e. The first-order valence-corrected chi connectivity index (χ1v) is 13.7. The highest BCUT2D eigenvalue weighted by Crippen LogP contribution is 2.34. The maximum atomic E-state index is 14.3. The second kappa shape index (κ2) is 11.4. The molecule has 1 fully saturated rings. The molecule has 3 aromatic rings. The molecule has 0 spiro atoms. The van der Waals surface area contributed by atoms with Crippen molar-refractivity contribution in [1.29, 1.82) is 0 Å². The number of hydrogen-bond donors (Lipinski definition) is 1. The summed E-state index contributed by atoms with van der Waals surface area (Å²) in [7, 11) is 1.86. The van der Waals surface area contributed by atoms with Gasteiger partial charge in [-0.25, -0.2) is 9.37 Å². The smallest absolute Gasteiger partial charge is 0.261 e. The van der Waals surface area contributed by atoms with Crippen molar-refractivity contribution in [3.05, 3.63) is 63.5 Å². The van der Waals surface area contributed by atoms with Crippen LogP contribution in [-0.2, 0) is 7.05 Å². The van der Waals surface area contributed by atoms with Gasteiger partial charge in [-0.05, 0) is 75.8 Å². The van der Waals surface area contributed by atoms with Crippen LogP contribution in [0.1, 0.15) is 94.6 Å². The lowest BCUT2D eigenvalue weighted by Crippen LogP contribution is -2.30. The van der Waals surface area contributed by atoms with E-state index in [9.17, 15) is 9.18 Å². The van der Waals surface area contributed by atoms with Crippen LogP contribution in [0.25, 0.3) is 10.9 Å². The summed E-state index contributed by atoms with van der Waals surface area (Å²) in [6.07, 6.45) is 7.62. The number of nitrogens with one attached hydrogen (secondary N) is 1. The second-order valence-electron chi connectivity index (χ2n) is 10.4. The van der Waals surface area contributed by atoms with Gasteiger partial charge in [0.15, 0.2) is 0 Å². The summed E-state index contributed by atoms with van der Waals surface area (Å²) < 4.78 is 16.0. The number of halogens is 1. The molecular formula is C30H41FN4O. The standard InChI is InChI=1S/C30H41FN4O/c1-6-11-22(12-7-2)29-33-28-24(17-20(3)18-25(28)30(36)34(29)5)21(4)32-26-14-13-23(31)19-27(26)35-15-9-8-10-16-35/h13-14,17-19,21-22,32H,6-12,15-16H2,1-5H3. The Balaban J connectivity index is 1.78. The Labute approximate surface area is 214 Å². The van der Waals surface area contributed by atoms with E-state index in [1.54, 1.807) is 10.6 Å². The molecule has 0 saturated carbocycles. The number of anilines is 2. The third kappa shape index (κ3) is 5.42. The van der Waals surface area contributed by atoms with Gasteiger partial charge in [-0.2, -0.15) is 0 Å². The van der Waals surface area contributed by atoms with E-state index in [4.69, 9.17) is 4.98 Å². The number of aryl methyl sites for hydroxylation is 1. The summed E-state index contributed by atoms with van der Waals surface area (Å²) in [5.41, 5.74) is 4.66. The van der Waals surface area contributed by atoms with Crippen LogP contribution in [-0.4, -0.2) is 22.6 Å². The number of aromatic nitrogens is 2. The summed E-state index contributed by atoms with van der Waals surface area (Å²) in [5.74, 6) is 0.925. The topological polar surface area (TPSA) is 50.2 Å². The highest BCUT2D eigenvalue weighted by molar-refractivity contribution is 5.83.